The Kier molecular flexibility index (Phi) is 4.55. The lowest BCUT2D eigenvalue weighted by molar-refractivity contribution is 0.465. The number of nitrogen functional groups attached to an aromatic ring is 1. The fourth-order valence-electron chi connectivity index (χ4n) is 1.80. The molecule has 112 valence electrons. The Morgan fingerprint density at radius 1 is 1.19 bits per heavy atom. The van der Waals surface area contributed by atoms with Crippen LogP contribution in [0.25, 0.3) is 0 Å². The van der Waals surface area contributed by atoms with E-state index in [4.69, 9.17) is 5.73 Å². The van der Waals surface area contributed by atoms with Crippen LogP contribution in [0.1, 0.15) is 5.56 Å². The molecule has 0 bridgehead atoms. The van der Waals surface area contributed by atoms with E-state index in [2.05, 4.69) is 15.9 Å². The van der Waals surface area contributed by atoms with Gasteiger partial charge in [-0.15, -0.1) is 0 Å². The number of benzene rings is 2. The van der Waals surface area contributed by atoms with Gasteiger partial charge in [-0.2, -0.15) is 4.31 Å². The summed E-state index contributed by atoms with van der Waals surface area (Å²) in [5.74, 6) is -0.135. The molecule has 2 aromatic carbocycles. The Bertz CT molecular complexity index is 745. The molecule has 2 aromatic rings. The van der Waals surface area contributed by atoms with E-state index in [-0.39, 0.29) is 22.9 Å². The molecular formula is C14H15BrN2O3S. The quantitative estimate of drug-likeness (QED) is 0.639. The molecule has 0 atom stereocenters. The lowest BCUT2D eigenvalue weighted by Gasteiger charge is -2.17. The van der Waals surface area contributed by atoms with Gasteiger partial charge < -0.3 is 10.8 Å². The zero-order chi connectivity index (χ0) is 15.6. The summed E-state index contributed by atoms with van der Waals surface area (Å²) in [5, 5.41) is 9.37. The number of anilines is 1. The number of phenolic OH excluding ortho intramolecular Hbond substituents is 1. The topological polar surface area (TPSA) is 83.6 Å². The average molecular weight is 371 g/mol. The van der Waals surface area contributed by atoms with E-state index in [1.165, 1.54) is 29.6 Å². The third-order valence-corrected chi connectivity index (χ3v) is 5.35. The van der Waals surface area contributed by atoms with Crippen molar-refractivity contribution in [3.63, 3.8) is 0 Å². The maximum absolute atomic E-state index is 12.4. The molecule has 3 N–H and O–H groups in total. The summed E-state index contributed by atoms with van der Waals surface area (Å²) < 4.78 is 27.1. The van der Waals surface area contributed by atoms with E-state index in [0.717, 1.165) is 10.0 Å². The van der Waals surface area contributed by atoms with Crippen molar-refractivity contribution in [2.45, 2.75) is 11.4 Å². The summed E-state index contributed by atoms with van der Waals surface area (Å²) in [4.78, 5) is 0.0532. The normalized spacial score (nSPS) is 11.8. The number of aromatic hydroxyl groups is 1. The summed E-state index contributed by atoms with van der Waals surface area (Å²) in [5.41, 5.74) is 6.46. The van der Waals surface area contributed by atoms with Crippen molar-refractivity contribution in [2.75, 3.05) is 12.8 Å². The first-order chi connectivity index (χ1) is 9.80. The number of halogens is 1. The van der Waals surface area contributed by atoms with Gasteiger partial charge >= 0.3 is 0 Å². The number of nitrogens with zero attached hydrogens (tertiary/aromatic N) is 1. The zero-order valence-corrected chi connectivity index (χ0v) is 13.7. The fourth-order valence-corrected chi connectivity index (χ4v) is 3.26. The summed E-state index contributed by atoms with van der Waals surface area (Å²) >= 11 is 3.33. The van der Waals surface area contributed by atoms with Crippen molar-refractivity contribution < 1.29 is 13.5 Å². The molecule has 0 aromatic heterocycles. The predicted molar refractivity (Wildman–Crippen MR) is 85.3 cm³/mol. The number of hydrogen-bond acceptors (Lipinski definition) is 4. The second-order valence-corrected chi connectivity index (χ2v) is 7.57. The first-order valence-electron chi connectivity index (χ1n) is 6.10. The van der Waals surface area contributed by atoms with Crippen LogP contribution in [0.2, 0.25) is 0 Å². The predicted octanol–water partition coefficient (Wildman–Crippen LogP) is 2.56. The van der Waals surface area contributed by atoms with Gasteiger partial charge in [0.15, 0.2) is 0 Å². The molecule has 0 unspecified atom stereocenters. The second kappa shape index (κ2) is 6.05. The highest BCUT2D eigenvalue weighted by molar-refractivity contribution is 9.10. The van der Waals surface area contributed by atoms with Gasteiger partial charge in [0.25, 0.3) is 0 Å². The zero-order valence-electron chi connectivity index (χ0n) is 11.3. The lowest BCUT2D eigenvalue weighted by Crippen LogP contribution is -2.26. The van der Waals surface area contributed by atoms with E-state index < -0.39 is 10.0 Å². The number of sulfonamides is 1. The van der Waals surface area contributed by atoms with E-state index in [9.17, 15) is 13.5 Å². The lowest BCUT2D eigenvalue weighted by atomic mass is 10.2. The molecule has 0 heterocycles. The van der Waals surface area contributed by atoms with Crippen LogP contribution < -0.4 is 5.73 Å². The van der Waals surface area contributed by atoms with E-state index in [1.807, 2.05) is 24.3 Å². The second-order valence-electron chi connectivity index (χ2n) is 4.61. The molecule has 0 aliphatic heterocycles. The smallest absolute Gasteiger partial charge is 0.243 e. The van der Waals surface area contributed by atoms with Crippen LogP contribution in [-0.4, -0.2) is 24.9 Å². The fraction of sp³-hybridized carbons (Fsp3) is 0.143. The summed E-state index contributed by atoms with van der Waals surface area (Å²) in [6.07, 6.45) is 0. The molecule has 0 saturated heterocycles. The molecule has 0 aliphatic carbocycles. The van der Waals surface area contributed by atoms with Crippen molar-refractivity contribution in [1.29, 1.82) is 0 Å². The molecule has 0 fully saturated rings. The van der Waals surface area contributed by atoms with Gasteiger partial charge in [0.05, 0.1) is 10.6 Å². The molecule has 2 rings (SSSR count). The van der Waals surface area contributed by atoms with E-state index in [0.29, 0.717) is 0 Å². The number of hydrogen-bond donors (Lipinski definition) is 2. The Morgan fingerprint density at radius 3 is 2.38 bits per heavy atom. The standard InChI is InChI=1S/C14H15BrN2O3S/c1-17(9-10-2-4-11(15)5-3-10)21(19,20)12-6-7-14(18)13(16)8-12/h2-8,18H,9,16H2,1H3. The van der Waals surface area contributed by atoms with Crippen LogP contribution in [0.4, 0.5) is 5.69 Å². The molecule has 7 heteroatoms. The Morgan fingerprint density at radius 2 is 1.81 bits per heavy atom. The van der Waals surface area contributed by atoms with E-state index in [1.54, 1.807) is 0 Å². The van der Waals surface area contributed by atoms with Crippen molar-refractivity contribution >= 4 is 31.6 Å². The number of nitrogens with two attached hydrogens (primary N) is 1. The third kappa shape index (κ3) is 3.55. The van der Waals surface area contributed by atoms with Gasteiger partial charge in [-0.1, -0.05) is 28.1 Å². The third-order valence-electron chi connectivity index (χ3n) is 3.03. The molecular weight excluding hydrogens is 356 g/mol. The van der Waals surface area contributed by atoms with Gasteiger partial charge in [0, 0.05) is 18.1 Å². The maximum Gasteiger partial charge on any atom is 0.243 e. The summed E-state index contributed by atoms with van der Waals surface area (Å²) in [6, 6.07) is 11.3. The van der Waals surface area contributed by atoms with Crippen LogP contribution in [0.3, 0.4) is 0 Å². The Balaban J connectivity index is 2.25. The van der Waals surface area contributed by atoms with Crippen LogP contribution in [0.5, 0.6) is 5.75 Å². The number of rotatable bonds is 4. The minimum Gasteiger partial charge on any atom is -0.506 e. The van der Waals surface area contributed by atoms with Gasteiger partial charge in [0.1, 0.15) is 5.75 Å². The first kappa shape index (κ1) is 15.8. The minimum absolute atomic E-state index is 0.0353. The monoisotopic (exact) mass is 370 g/mol. The minimum atomic E-state index is -3.66. The van der Waals surface area contributed by atoms with Crippen LogP contribution in [0.15, 0.2) is 51.8 Å². The maximum atomic E-state index is 12.4. The van der Waals surface area contributed by atoms with Gasteiger partial charge in [-0.25, -0.2) is 8.42 Å². The highest BCUT2D eigenvalue weighted by Gasteiger charge is 2.21. The van der Waals surface area contributed by atoms with Crippen molar-refractivity contribution in [3.05, 3.63) is 52.5 Å². The Labute approximate surface area is 132 Å². The van der Waals surface area contributed by atoms with Crippen LogP contribution >= 0.6 is 15.9 Å². The molecule has 21 heavy (non-hydrogen) atoms. The van der Waals surface area contributed by atoms with Crippen molar-refractivity contribution in [3.8, 4) is 5.75 Å². The highest BCUT2D eigenvalue weighted by atomic mass is 79.9. The average Bonchev–Trinajstić information content (AvgIpc) is 2.44. The molecule has 0 spiro atoms. The molecule has 0 saturated carbocycles. The van der Waals surface area contributed by atoms with Crippen LogP contribution in [-0.2, 0) is 16.6 Å². The molecule has 0 amide bonds. The van der Waals surface area contributed by atoms with Crippen molar-refractivity contribution in [2.24, 2.45) is 0 Å². The SMILES string of the molecule is CN(Cc1ccc(Br)cc1)S(=O)(=O)c1ccc(O)c(N)c1. The summed E-state index contributed by atoms with van der Waals surface area (Å²) in [6.45, 7) is 0.246. The first-order valence-corrected chi connectivity index (χ1v) is 8.33. The van der Waals surface area contributed by atoms with Crippen molar-refractivity contribution in [1.82, 2.24) is 4.31 Å². The van der Waals surface area contributed by atoms with Gasteiger partial charge in [-0.3, -0.25) is 0 Å². The largest absolute Gasteiger partial charge is 0.506 e. The molecule has 5 nitrogen and oxygen atoms in total. The molecule has 0 radical (unpaired) electrons. The summed E-state index contributed by atoms with van der Waals surface area (Å²) in [7, 11) is -2.16. The van der Waals surface area contributed by atoms with E-state index >= 15 is 0 Å². The number of phenols is 1. The highest BCUT2D eigenvalue weighted by Crippen LogP contribution is 2.25. The van der Waals surface area contributed by atoms with Gasteiger partial charge in [-0.05, 0) is 35.9 Å². The Hall–Kier alpha value is -1.57. The van der Waals surface area contributed by atoms with Gasteiger partial charge in [0.2, 0.25) is 10.0 Å². The molecule has 0 aliphatic rings. The van der Waals surface area contributed by atoms with Crippen LogP contribution in [0, 0.1) is 0 Å².